The number of nitrogens with one attached hydrogen (secondary N) is 2. The molecule has 21 heavy (non-hydrogen) atoms. The minimum Gasteiger partial charge on any atom is -0.353 e. The van der Waals surface area contributed by atoms with E-state index in [9.17, 15) is 4.79 Å². The number of hydrogen-bond acceptors (Lipinski definition) is 3. The Hall–Kier alpha value is -0.610. The van der Waals surface area contributed by atoms with E-state index < -0.39 is 0 Å². The zero-order valence-corrected chi connectivity index (χ0v) is 13.7. The summed E-state index contributed by atoms with van der Waals surface area (Å²) in [6.07, 6.45) is 12.1. The zero-order valence-electron chi connectivity index (χ0n) is 13.7. The van der Waals surface area contributed by atoms with Gasteiger partial charge in [0.1, 0.15) is 0 Å². The molecule has 122 valence electrons. The van der Waals surface area contributed by atoms with Crippen LogP contribution in [-0.2, 0) is 4.79 Å². The lowest BCUT2D eigenvalue weighted by Gasteiger charge is -2.35. The van der Waals surface area contributed by atoms with Crippen molar-refractivity contribution in [2.45, 2.75) is 76.3 Å². The van der Waals surface area contributed by atoms with Crippen molar-refractivity contribution in [2.75, 3.05) is 26.7 Å². The van der Waals surface area contributed by atoms with Crippen LogP contribution in [0.15, 0.2) is 0 Å². The highest BCUT2D eigenvalue weighted by Gasteiger charge is 2.23. The Labute approximate surface area is 130 Å². The van der Waals surface area contributed by atoms with Gasteiger partial charge in [-0.15, -0.1) is 0 Å². The molecule has 2 aliphatic rings. The average Bonchev–Trinajstić information content (AvgIpc) is 2.52. The Morgan fingerprint density at radius 1 is 1.10 bits per heavy atom. The maximum atomic E-state index is 12.1. The fourth-order valence-electron chi connectivity index (χ4n) is 3.78. The molecule has 4 nitrogen and oxygen atoms in total. The minimum absolute atomic E-state index is 0.264. The number of likely N-dealkylation sites (tertiary alicyclic amines) is 1. The van der Waals surface area contributed by atoms with Gasteiger partial charge in [0, 0.05) is 25.0 Å². The van der Waals surface area contributed by atoms with Crippen molar-refractivity contribution < 1.29 is 4.79 Å². The van der Waals surface area contributed by atoms with Crippen LogP contribution < -0.4 is 10.6 Å². The van der Waals surface area contributed by atoms with E-state index in [2.05, 4.69) is 15.5 Å². The minimum atomic E-state index is 0.264. The fraction of sp³-hybridized carbons (Fsp3) is 0.941. The lowest BCUT2D eigenvalue weighted by atomic mass is 9.95. The molecule has 1 saturated heterocycles. The molecular formula is C17H33N3O. The van der Waals surface area contributed by atoms with Crippen molar-refractivity contribution in [3.05, 3.63) is 0 Å². The first-order valence-electron chi connectivity index (χ1n) is 8.97. The number of carbonyl (C=O) groups is 1. The fourth-order valence-corrected chi connectivity index (χ4v) is 3.78. The van der Waals surface area contributed by atoms with E-state index >= 15 is 0 Å². The van der Waals surface area contributed by atoms with Gasteiger partial charge in [-0.05, 0) is 52.2 Å². The van der Waals surface area contributed by atoms with Crippen molar-refractivity contribution >= 4 is 5.91 Å². The molecule has 1 saturated carbocycles. The van der Waals surface area contributed by atoms with Crippen LogP contribution in [0.2, 0.25) is 0 Å². The molecule has 0 aromatic carbocycles. The number of carbonyl (C=O) groups excluding carboxylic acids is 1. The van der Waals surface area contributed by atoms with E-state index in [0.717, 1.165) is 13.1 Å². The Kier molecular flexibility index (Phi) is 7.51. The summed E-state index contributed by atoms with van der Waals surface area (Å²) in [7, 11) is 2.02. The summed E-state index contributed by atoms with van der Waals surface area (Å²) in [5.41, 5.74) is 0. The van der Waals surface area contributed by atoms with Gasteiger partial charge >= 0.3 is 0 Å². The van der Waals surface area contributed by atoms with Gasteiger partial charge in [0.2, 0.25) is 5.91 Å². The van der Waals surface area contributed by atoms with E-state index in [0.29, 0.717) is 18.5 Å². The van der Waals surface area contributed by atoms with Crippen LogP contribution in [0.4, 0.5) is 0 Å². The number of amides is 1. The van der Waals surface area contributed by atoms with Crippen molar-refractivity contribution in [3.8, 4) is 0 Å². The summed E-state index contributed by atoms with van der Waals surface area (Å²) in [4.78, 5) is 14.7. The van der Waals surface area contributed by atoms with E-state index in [1.807, 2.05) is 7.05 Å². The molecule has 2 N–H and O–H groups in total. The van der Waals surface area contributed by atoms with Gasteiger partial charge in [-0.25, -0.2) is 0 Å². The molecule has 1 aliphatic carbocycles. The van der Waals surface area contributed by atoms with Crippen LogP contribution in [-0.4, -0.2) is 49.6 Å². The molecule has 1 aliphatic heterocycles. The quantitative estimate of drug-likeness (QED) is 0.757. The number of hydrogen-bond donors (Lipinski definition) is 2. The van der Waals surface area contributed by atoms with Crippen molar-refractivity contribution in [1.29, 1.82) is 0 Å². The van der Waals surface area contributed by atoms with Crippen LogP contribution in [0.1, 0.15) is 64.2 Å². The SMILES string of the molecule is CNCCC1CCCCN1CCC(=O)NC1CCCCC1. The van der Waals surface area contributed by atoms with E-state index in [1.165, 1.54) is 64.3 Å². The highest BCUT2D eigenvalue weighted by molar-refractivity contribution is 5.76. The second-order valence-corrected chi connectivity index (χ2v) is 6.73. The summed E-state index contributed by atoms with van der Waals surface area (Å²) >= 11 is 0. The third kappa shape index (κ3) is 5.95. The molecule has 1 unspecified atom stereocenters. The maximum Gasteiger partial charge on any atom is 0.221 e. The summed E-state index contributed by atoms with van der Waals surface area (Å²) in [5, 5.41) is 6.49. The van der Waals surface area contributed by atoms with Gasteiger partial charge in [-0.1, -0.05) is 25.7 Å². The zero-order chi connectivity index (χ0) is 14.9. The summed E-state index contributed by atoms with van der Waals surface area (Å²) < 4.78 is 0. The third-order valence-electron chi connectivity index (χ3n) is 5.07. The molecule has 4 heteroatoms. The van der Waals surface area contributed by atoms with Gasteiger partial charge in [0.15, 0.2) is 0 Å². The van der Waals surface area contributed by atoms with Gasteiger partial charge in [-0.3, -0.25) is 9.69 Å². The lowest BCUT2D eigenvalue weighted by Crippen LogP contribution is -2.43. The summed E-state index contributed by atoms with van der Waals surface area (Å²) in [6, 6.07) is 1.13. The summed E-state index contributed by atoms with van der Waals surface area (Å²) in [6.45, 7) is 3.19. The Morgan fingerprint density at radius 2 is 1.86 bits per heavy atom. The van der Waals surface area contributed by atoms with Gasteiger partial charge in [-0.2, -0.15) is 0 Å². The molecule has 0 spiro atoms. The van der Waals surface area contributed by atoms with E-state index in [4.69, 9.17) is 0 Å². The smallest absolute Gasteiger partial charge is 0.221 e. The second kappa shape index (κ2) is 9.42. The molecule has 1 heterocycles. The normalized spacial score (nSPS) is 24.9. The van der Waals surface area contributed by atoms with Crippen molar-refractivity contribution in [1.82, 2.24) is 15.5 Å². The second-order valence-electron chi connectivity index (χ2n) is 6.73. The van der Waals surface area contributed by atoms with Crippen molar-refractivity contribution in [3.63, 3.8) is 0 Å². The molecule has 0 bridgehead atoms. The van der Waals surface area contributed by atoms with Crippen LogP contribution in [0, 0.1) is 0 Å². The number of rotatable bonds is 7. The maximum absolute atomic E-state index is 12.1. The predicted octanol–water partition coefficient (Wildman–Crippen LogP) is 2.29. The first kappa shape index (κ1) is 16.8. The molecule has 0 aromatic rings. The van der Waals surface area contributed by atoms with Crippen LogP contribution >= 0.6 is 0 Å². The lowest BCUT2D eigenvalue weighted by molar-refractivity contribution is -0.122. The molecule has 1 atom stereocenters. The highest BCUT2D eigenvalue weighted by Crippen LogP contribution is 2.20. The molecule has 2 rings (SSSR count). The Morgan fingerprint density at radius 3 is 2.62 bits per heavy atom. The van der Waals surface area contributed by atoms with Crippen LogP contribution in [0.5, 0.6) is 0 Å². The van der Waals surface area contributed by atoms with E-state index in [1.54, 1.807) is 0 Å². The predicted molar refractivity (Wildman–Crippen MR) is 87.4 cm³/mol. The third-order valence-corrected chi connectivity index (χ3v) is 5.07. The molecule has 2 fully saturated rings. The van der Waals surface area contributed by atoms with Crippen molar-refractivity contribution in [2.24, 2.45) is 0 Å². The number of nitrogens with zero attached hydrogens (tertiary/aromatic N) is 1. The highest BCUT2D eigenvalue weighted by atomic mass is 16.1. The van der Waals surface area contributed by atoms with Crippen LogP contribution in [0.25, 0.3) is 0 Å². The number of piperidine rings is 1. The van der Waals surface area contributed by atoms with Gasteiger partial charge in [0.25, 0.3) is 0 Å². The van der Waals surface area contributed by atoms with Crippen LogP contribution in [0.3, 0.4) is 0 Å². The first-order valence-corrected chi connectivity index (χ1v) is 8.97. The topological polar surface area (TPSA) is 44.4 Å². The standard InChI is InChI=1S/C17H33N3O/c1-18-12-10-16-9-5-6-13-20(16)14-11-17(21)19-15-7-3-2-4-8-15/h15-16,18H,2-14H2,1H3,(H,19,21). The Balaban J connectivity index is 1.68. The van der Waals surface area contributed by atoms with Gasteiger partial charge < -0.3 is 10.6 Å². The molecular weight excluding hydrogens is 262 g/mol. The first-order chi connectivity index (χ1) is 10.3. The summed E-state index contributed by atoms with van der Waals surface area (Å²) in [5.74, 6) is 0.264. The molecule has 0 aromatic heterocycles. The monoisotopic (exact) mass is 295 g/mol. The largest absolute Gasteiger partial charge is 0.353 e. The Bertz CT molecular complexity index is 302. The van der Waals surface area contributed by atoms with Gasteiger partial charge in [0.05, 0.1) is 0 Å². The molecule has 1 amide bonds. The average molecular weight is 295 g/mol. The molecule has 0 radical (unpaired) electrons. The van der Waals surface area contributed by atoms with E-state index in [-0.39, 0.29) is 5.91 Å².